The van der Waals surface area contributed by atoms with Crippen molar-refractivity contribution in [3.8, 4) is 11.5 Å². The molecule has 6 nitrogen and oxygen atoms in total. The van der Waals surface area contributed by atoms with Crippen molar-refractivity contribution in [2.45, 2.75) is 13.5 Å². The predicted octanol–water partition coefficient (Wildman–Crippen LogP) is 3.14. The van der Waals surface area contributed by atoms with Crippen molar-refractivity contribution in [2.75, 3.05) is 12.9 Å². The van der Waals surface area contributed by atoms with Crippen molar-refractivity contribution in [3.05, 3.63) is 59.2 Å². The number of rotatable bonds is 6. The van der Waals surface area contributed by atoms with Crippen molar-refractivity contribution in [3.63, 3.8) is 0 Å². The summed E-state index contributed by atoms with van der Waals surface area (Å²) in [6, 6.07) is 13.7. The van der Waals surface area contributed by atoms with E-state index in [9.17, 15) is 4.79 Å². The summed E-state index contributed by atoms with van der Waals surface area (Å²) >= 11 is 1.33. The number of carbonyl (C=O) groups excluding carboxylic acids is 1. The summed E-state index contributed by atoms with van der Waals surface area (Å²) in [7, 11) is 1.60. The molecule has 0 saturated carbocycles. The number of para-hydroxylation sites is 1. The monoisotopic (exact) mass is 369 g/mol. The van der Waals surface area contributed by atoms with Crippen molar-refractivity contribution >= 4 is 29.1 Å². The Bertz CT molecular complexity index is 848. The van der Waals surface area contributed by atoms with E-state index in [-0.39, 0.29) is 5.91 Å². The molecule has 0 bridgehead atoms. The molecule has 2 aromatic carbocycles. The molecule has 0 atom stereocenters. The Morgan fingerprint density at radius 3 is 2.73 bits per heavy atom. The summed E-state index contributed by atoms with van der Waals surface area (Å²) in [6.07, 6.45) is 1.59. The van der Waals surface area contributed by atoms with Gasteiger partial charge in [0.15, 0.2) is 16.7 Å². The Morgan fingerprint density at radius 2 is 2.04 bits per heavy atom. The second-order valence-corrected chi connectivity index (χ2v) is 6.60. The lowest BCUT2D eigenvalue weighted by Crippen LogP contribution is -2.19. The van der Waals surface area contributed by atoms with Gasteiger partial charge >= 0.3 is 0 Å². The second-order valence-electron chi connectivity index (χ2n) is 5.64. The first kappa shape index (κ1) is 18.0. The maximum atomic E-state index is 11.2. The predicted molar refractivity (Wildman–Crippen MR) is 104 cm³/mol. The topological polar surface area (TPSA) is 72.3 Å². The average molecular weight is 369 g/mol. The quantitative estimate of drug-likeness (QED) is 0.627. The van der Waals surface area contributed by atoms with E-state index in [4.69, 9.17) is 9.47 Å². The number of nitrogens with one attached hydrogen (secondary N) is 1. The fraction of sp³-hybridized carbons (Fsp3) is 0.211. The van der Waals surface area contributed by atoms with E-state index in [0.717, 1.165) is 11.1 Å². The first-order chi connectivity index (χ1) is 12.7. The maximum Gasteiger partial charge on any atom is 0.236 e. The number of aryl methyl sites for hydroxylation is 1. The highest BCUT2D eigenvalue weighted by Crippen LogP contribution is 2.31. The highest BCUT2D eigenvalue weighted by atomic mass is 32.2. The average Bonchev–Trinajstić information content (AvgIpc) is 3.07. The third-order valence-electron chi connectivity index (χ3n) is 3.66. The molecule has 1 N–H and O–H groups in total. The Kier molecular flexibility index (Phi) is 5.91. The van der Waals surface area contributed by atoms with Gasteiger partial charge in [0.25, 0.3) is 0 Å². The molecule has 3 rings (SSSR count). The van der Waals surface area contributed by atoms with Gasteiger partial charge in [-0.2, -0.15) is 5.10 Å². The Hall–Kier alpha value is -2.80. The molecule has 1 heterocycles. The van der Waals surface area contributed by atoms with Gasteiger partial charge in [-0.3, -0.25) is 4.79 Å². The number of hydrogen-bond donors (Lipinski definition) is 1. The van der Waals surface area contributed by atoms with E-state index in [0.29, 0.717) is 29.0 Å². The van der Waals surface area contributed by atoms with Gasteiger partial charge in [0.05, 0.1) is 19.1 Å². The molecule has 1 aliphatic heterocycles. The standard InChI is InChI=1S/C19H19N3O3S/c1-13-6-8-14(9-7-13)11-25-18-15(4-3-5-16(18)24-2)10-20-22-19-21-17(23)12-26-19/h3-10H,11-12H2,1-2H3,(H,21,22,23). The molecule has 0 aromatic heterocycles. The summed E-state index contributed by atoms with van der Waals surface area (Å²) in [4.78, 5) is 11.2. The van der Waals surface area contributed by atoms with Crippen molar-refractivity contribution in [1.82, 2.24) is 5.32 Å². The molecule has 1 saturated heterocycles. The number of amidine groups is 1. The van der Waals surface area contributed by atoms with Crippen LogP contribution in [0.25, 0.3) is 0 Å². The zero-order chi connectivity index (χ0) is 18.4. The molecule has 1 fully saturated rings. The van der Waals surface area contributed by atoms with E-state index in [1.165, 1.54) is 17.3 Å². The first-order valence-corrected chi connectivity index (χ1v) is 9.03. The minimum Gasteiger partial charge on any atom is -0.493 e. The zero-order valence-corrected chi connectivity index (χ0v) is 15.4. The molecule has 1 amide bonds. The SMILES string of the molecule is COc1cccc(C=NN=C2NC(=O)CS2)c1OCc1ccc(C)cc1. The fourth-order valence-electron chi connectivity index (χ4n) is 2.31. The highest BCUT2D eigenvalue weighted by Gasteiger charge is 2.16. The highest BCUT2D eigenvalue weighted by molar-refractivity contribution is 8.15. The zero-order valence-electron chi connectivity index (χ0n) is 14.6. The van der Waals surface area contributed by atoms with Crippen LogP contribution in [0.2, 0.25) is 0 Å². The third kappa shape index (κ3) is 4.64. The minimum atomic E-state index is -0.0625. The maximum absolute atomic E-state index is 11.2. The van der Waals surface area contributed by atoms with Gasteiger partial charge < -0.3 is 14.8 Å². The van der Waals surface area contributed by atoms with Gasteiger partial charge in [-0.15, -0.1) is 5.10 Å². The van der Waals surface area contributed by atoms with Crippen LogP contribution >= 0.6 is 11.8 Å². The molecule has 0 spiro atoms. The number of carbonyl (C=O) groups is 1. The van der Waals surface area contributed by atoms with Crippen LogP contribution in [-0.2, 0) is 11.4 Å². The lowest BCUT2D eigenvalue weighted by Gasteiger charge is -2.13. The number of benzene rings is 2. The smallest absolute Gasteiger partial charge is 0.236 e. The first-order valence-electron chi connectivity index (χ1n) is 8.05. The Labute approximate surface area is 156 Å². The van der Waals surface area contributed by atoms with Gasteiger partial charge in [-0.25, -0.2) is 0 Å². The fourth-order valence-corrected chi connectivity index (χ4v) is 2.94. The summed E-state index contributed by atoms with van der Waals surface area (Å²) in [5.74, 6) is 1.53. The van der Waals surface area contributed by atoms with E-state index in [1.807, 2.05) is 49.4 Å². The Balaban J connectivity index is 1.77. The third-order valence-corrected chi connectivity index (χ3v) is 4.53. The molecule has 0 unspecified atom stereocenters. The molecule has 1 aliphatic rings. The van der Waals surface area contributed by atoms with E-state index in [2.05, 4.69) is 15.5 Å². The van der Waals surface area contributed by atoms with Crippen LogP contribution < -0.4 is 14.8 Å². The number of methoxy groups -OCH3 is 1. The lowest BCUT2D eigenvalue weighted by molar-refractivity contribution is -0.116. The van der Waals surface area contributed by atoms with E-state index >= 15 is 0 Å². The molecule has 7 heteroatoms. The van der Waals surface area contributed by atoms with Crippen LogP contribution in [0.3, 0.4) is 0 Å². The number of hydrogen-bond acceptors (Lipinski definition) is 6. The van der Waals surface area contributed by atoms with Gasteiger partial charge in [0.1, 0.15) is 6.61 Å². The molecular formula is C19H19N3O3S. The van der Waals surface area contributed by atoms with Gasteiger partial charge in [0, 0.05) is 5.56 Å². The summed E-state index contributed by atoms with van der Waals surface area (Å²) < 4.78 is 11.4. The lowest BCUT2D eigenvalue weighted by atomic mass is 10.1. The van der Waals surface area contributed by atoms with E-state index < -0.39 is 0 Å². The van der Waals surface area contributed by atoms with Crippen LogP contribution in [0.15, 0.2) is 52.7 Å². The molecule has 2 aromatic rings. The van der Waals surface area contributed by atoms with Crippen LogP contribution in [-0.4, -0.2) is 30.2 Å². The van der Waals surface area contributed by atoms with Crippen LogP contribution in [0.4, 0.5) is 0 Å². The van der Waals surface area contributed by atoms with Gasteiger partial charge in [-0.05, 0) is 24.6 Å². The number of amides is 1. The molecular weight excluding hydrogens is 350 g/mol. The normalized spacial score (nSPS) is 15.5. The van der Waals surface area contributed by atoms with Crippen LogP contribution in [0, 0.1) is 6.92 Å². The molecule has 0 aliphatic carbocycles. The number of ether oxygens (including phenoxy) is 2. The van der Waals surface area contributed by atoms with Gasteiger partial charge in [-0.1, -0.05) is 47.7 Å². The van der Waals surface area contributed by atoms with Crippen molar-refractivity contribution in [1.29, 1.82) is 0 Å². The van der Waals surface area contributed by atoms with Gasteiger partial charge in [0.2, 0.25) is 5.91 Å². The summed E-state index contributed by atoms with van der Waals surface area (Å²) in [6.45, 7) is 2.47. The van der Waals surface area contributed by atoms with Crippen LogP contribution in [0.1, 0.15) is 16.7 Å². The Morgan fingerprint density at radius 1 is 1.23 bits per heavy atom. The van der Waals surface area contributed by atoms with Crippen molar-refractivity contribution in [2.24, 2.45) is 10.2 Å². The number of nitrogens with zero attached hydrogens (tertiary/aromatic N) is 2. The molecule has 0 radical (unpaired) electrons. The second kappa shape index (κ2) is 8.53. The summed E-state index contributed by atoms with van der Waals surface area (Å²) in [5.41, 5.74) is 3.01. The molecule has 134 valence electrons. The molecule has 26 heavy (non-hydrogen) atoms. The largest absolute Gasteiger partial charge is 0.493 e. The van der Waals surface area contributed by atoms with E-state index in [1.54, 1.807) is 13.3 Å². The summed E-state index contributed by atoms with van der Waals surface area (Å²) in [5, 5.41) is 11.2. The number of thioether (sulfide) groups is 1. The van der Waals surface area contributed by atoms with Crippen molar-refractivity contribution < 1.29 is 14.3 Å². The van der Waals surface area contributed by atoms with Crippen LogP contribution in [0.5, 0.6) is 11.5 Å². The minimum absolute atomic E-state index is 0.0625.